The van der Waals surface area contributed by atoms with Gasteiger partial charge in [-0.05, 0) is 95.6 Å². The Morgan fingerprint density at radius 2 is 0.887 bits per heavy atom. The van der Waals surface area contributed by atoms with Gasteiger partial charge < -0.3 is 20.4 Å². The fourth-order valence-corrected chi connectivity index (χ4v) is 7.92. The third-order valence-corrected chi connectivity index (χ3v) is 10.5. The first-order chi connectivity index (χ1) is 25.9. The predicted molar refractivity (Wildman–Crippen MR) is 221 cm³/mol. The van der Waals surface area contributed by atoms with Gasteiger partial charge in [-0.25, -0.2) is 5.84 Å². The van der Waals surface area contributed by atoms with E-state index in [-0.39, 0.29) is 5.41 Å². The van der Waals surface area contributed by atoms with Gasteiger partial charge in [-0.15, -0.1) is 0 Å². The average molecular weight is 689 g/mol. The van der Waals surface area contributed by atoms with Crippen molar-refractivity contribution in [3.8, 4) is 0 Å². The summed E-state index contributed by atoms with van der Waals surface area (Å²) in [5.74, 6) is 6.74. The van der Waals surface area contributed by atoms with Crippen molar-refractivity contribution in [3.05, 3.63) is 199 Å². The molecule has 0 amide bonds. The maximum Gasteiger partial charge on any atom is 0.0703 e. The van der Waals surface area contributed by atoms with Gasteiger partial charge in [0.05, 0.1) is 45.5 Å². The summed E-state index contributed by atoms with van der Waals surface area (Å²) in [7, 11) is 0. The molecule has 9 rings (SSSR count). The van der Waals surface area contributed by atoms with Crippen LogP contribution in [0, 0.1) is 0 Å². The van der Waals surface area contributed by atoms with Crippen molar-refractivity contribution in [2.75, 3.05) is 19.7 Å². The summed E-state index contributed by atoms with van der Waals surface area (Å²) in [4.78, 5) is 6.96. The number of fused-ring (bicyclic) bond motifs is 4. The second kappa shape index (κ2) is 12.8. The number of nitrogens with zero attached hydrogens (tertiary/aromatic N) is 4. The smallest absolute Gasteiger partial charge is 0.0703 e. The predicted octanol–water partition coefficient (Wildman–Crippen LogP) is 11.7. The highest BCUT2D eigenvalue weighted by molar-refractivity contribution is 6.01. The van der Waals surface area contributed by atoms with Crippen LogP contribution in [0.5, 0.6) is 0 Å². The molecule has 0 spiro atoms. The standard InChI is InChI=1S/C47H40N6/c1-47(2)38-19-6-8-21-41(38)51(42-22-9-7-20-39(42)47)35-29-27-33(28-30-35)40(48)32-50(49)36-17-14-18-37(31-36)53-45-25-12-10-23-43(45)52(34-15-4-3-5-16-34)44-24-11-13-26-46(44)53/h3-32H,48-49H2,1-2H3/b40-32-. The second-order valence-electron chi connectivity index (χ2n) is 14.0. The molecule has 0 bridgehead atoms. The van der Waals surface area contributed by atoms with Crippen molar-refractivity contribution in [2.45, 2.75) is 19.3 Å². The van der Waals surface area contributed by atoms with Gasteiger partial charge in [0.1, 0.15) is 0 Å². The highest BCUT2D eigenvalue weighted by atomic mass is 15.4. The van der Waals surface area contributed by atoms with Gasteiger partial charge in [0.2, 0.25) is 0 Å². The summed E-state index contributed by atoms with van der Waals surface area (Å²) in [6.07, 6.45) is 1.79. The first-order valence-corrected chi connectivity index (χ1v) is 17.9. The Morgan fingerprint density at radius 3 is 1.43 bits per heavy atom. The molecule has 0 atom stereocenters. The number of hydrogen-bond donors (Lipinski definition) is 2. The molecular formula is C47H40N6. The molecule has 0 aromatic heterocycles. The molecule has 6 nitrogen and oxygen atoms in total. The molecule has 0 saturated heterocycles. The molecule has 7 aromatic carbocycles. The molecule has 258 valence electrons. The van der Waals surface area contributed by atoms with E-state index in [4.69, 9.17) is 11.6 Å². The highest BCUT2D eigenvalue weighted by Gasteiger charge is 2.36. The van der Waals surface area contributed by atoms with Crippen LogP contribution in [0.15, 0.2) is 182 Å². The molecule has 0 radical (unpaired) electrons. The van der Waals surface area contributed by atoms with Crippen LogP contribution in [0.1, 0.15) is 30.5 Å². The van der Waals surface area contributed by atoms with Gasteiger partial charge in [0, 0.05) is 28.7 Å². The zero-order valence-corrected chi connectivity index (χ0v) is 29.8. The van der Waals surface area contributed by atoms with Gasteiger partial charge >= 0.3 is 0 Å². The highest BCUT2D eigenvalue weighted by Crippen LogP contribution is 2.54. The number of hydrazine groups is 1. The summed E-state index contributed by atoms with van der Waals surface area (Å²) in [6, 6.07) is 61.5. The monoisotopic (exact) mass is 688 g/mol. The molecule has 0 aliphatic carbocycles. The molecule has 2 heterocycles. The zero-order chi connectivity index (χ0) is 36.1. The van der Waals surface area contributed by atoms with Crippen LogP contribution in [0.3, 0.4) is 0 Å². The Balaban J connectivity index is 1.03. The van der Waals surface area contributed by atoms with E-state index in [0.29, 0.717) is 5.70 Å². The SMILES string of the molecule is CC1(C)c2ccccc2N(c2ccc(/C(N)=C/N(N)c3cccc(N4c5ccccc5N(c5ccccc5)c5ccccc54)c3)cc2)c2ccccc21. The fourth-order valence-electron chi connectivity index (χ4n) is 7.92. The van der Waals surface area contributed by atoms with E-state index in [9.17, 15) is 0 Å². The first-order valence-electron chi connectivity index (χ1n) is 17.9. The lowest BCUT2D eigenvalue weighted by Gasteiger charge is -2.42. The quantitative estimate of drug-likeness (QED) is 0.134. The van der Waals surface area contributed by atoms with Crippen LogP contribution in [0.2, 0.25) is 0 Å². The Hall–Kier alpha value is -6.76. The maximum absolute atomic E-state index is 6.74. The largest absolute Gasteiger partial charge is 0.397 e. The van der Waals surface area contributed by atoms with Gasteiger partial charge in [0.15, 0.2) is 0 Å². The summed E-state index contributed by atoms with van der Waals surface area (Å²) in [5.41, 5.74) is 21.4. The Morgan fingerprint density at radius 1 is 0.472 bits per heavy atom. The number of rotatable bonds is 6. The lowest BCUT2D eigenvalue weighted by molar-refractivity contribution is 0.632. The van der Waals surface area contributed by atoms with Crippen LogP contribution < -0.4 is 31.3 Å². The molecular weight excluding hydrogens is 649 g/mol. The topological polar surface area (TPSA) is 65.0 Å². The van der Waals surface area contributed by atoms with Crippen LogP contribution >= 0.6 is 0 Å². The maximum atomic E-state index is 6.74. The minimum absolute atomic E-state index is 0.109. The van der Waals surface area contributed by atoms with Crippen LogP contribution in [-0.4, -0.2) is 0 Å². The third-order valence-electron chi connectivity index (χ3n) is 10.5. The first kappa shape index (κ1) is 32.2. The molecule has 0 fully saturated rings. The molecule has 53 heavy (non-hydrogen) atoms. The lowest BCUT2D eigenvalue weighted by Crippen LogP contribution is -2.30. The number of para-hydroxylation sites is 7. The summed E-state index contributed by atoms with van der Waals surface area (Å²) in [5, 5.41) is 1.60. The molecule has 2 aliphatic heterocycles. The van der Waals surface area contributed by atoms with E-state index in [1.165, 1.54) is 22.5 Å². The molecule has 6 heteroatoms. The van der Waals surface area contributed by atoms with E-state index in [0.717, 1.165) is 51.1 Å². The number of hydrogen-bond acceptors (Lipinski definition) is 6. The Kier molecular flexibility index (Phi) is 7.76. The van der Waals surface area contributed by atoms with Crippen LogP contribution in [0.4, 0.5) is 56.9 Å². The fraction of sp³-hybridized carbons (Fsp3) is 0.0638. The van der Waals surface area contributed by atoms with Gasteiger partial charge in [-0.2, -0.15) is 0 Å². The van der Waals surface area contributed by atoms with E-state index in [1.54, 1.807) is 11.2 Å². The van der Waals surface area contributed by atoms with Gasteiger partial charge in [0.25, 0.3) is 0 Å². The summed E-state index contributed by atoms with van der Waals surface area (Å²) < 4.78 is 0. The van der Waals surface area contributed by atoms with Crippen molar-refractivity contribution in [2.24, 2.45) is 11.6 Å². The average Bonchev–Trinajstić information content (AvgIpc) is 3.20. The van der Waals surface area contributed by atoms with Gasteiger partial charge in [-0.1, -0.05) is 111 Å². The van der Waals surface area contributed by atoms with Crippen molar-refractivity contribution < 1.29 is 0 Å². The van der Waals surface area contributed by atoms with Crippen LogP contribution in [0.25, 0.3) is 5.70 Å². The lowest BCUT2D eigenvalue weighted by atomic mass is 9.73. The zero-order valence-electron chi connectivity index (χ0n) is 29.8. The molecule has 4 N–H and O–H groups in total. The van der Waals surface area contributed by atoms with Crippen LogP contribution in [-0.2, 0) is 5.41 Å². The van der Waals surface area contributed by atoms with E-state index in [2.05, 4.69) is 186 Å². The van der Waals surface area contributed by atoms with Crippen molar-refractivity contribution >= 4 is 62.6 Å². The normalized spacial score (nSPS) is 14.2. The van der Waals surface area contributed by atoms with E-state index in [1.807, 2.05) is 18.2 Å². The Bertz CT molecular complexity index is 2390. The molecule has 0 saturated carbocycles. The van der Waals surface area contributed by atoms with Crippen molar-refractivity contribution in [1.82, 2.24) is 0 Å². The molecule has 2 aliphatic rings. The number of nitrogens with two attached hydrogens (primary N) is 2. The number of benzene rings is 7. The second-order valence-corrected chi connectivity index (χ2v) is 14.0. The minimum Gasteiger partial charge on any atom is -0.397 e. The third kappa shape index (κ3) is 5.39. The number of anilines is 10. The Labute approximate surface area is 311 Å². The molecule has 0 unspecified atom stereocenters. The minimum atomic E-state index is -0.109. The van der Waals surface area contributed by atoms with E-state index < -0.39 is 0 Å². The summed E-state index contributed by atoms with van der Waals surface area (Å²) in [6.45, 7) is 4.60. The summed E-state index contributed by atoms with van der Waals surface area (Å²) >= 11 is 0. The molecule has 7 aromatic rings. The van der Waals surface area contributed by atoms with Crippen molar-refractivity contribution in [3.63, 3.8) is 0 Å². The van der Waals surface area contributed by atoms with E-state index >= 15 is 0 Å². The van der Waals surface area contributed by atoms with Gasteiger partial charge in [-0.3, -0.25) is 5.01 Å². The van der Waals surface area contributed by atoms with Crippen molar-refractivity contribution in [1.29, 1.82) is 0 Å².